The Morgan fingerprint density at radius 2 is 1.68 bits per heavy atom. The number of para-hydroxylation sites is 1. The zero-order valence-corrected chi connectivity index (χ0v) is 22.0. The summed E-state index contributed by atoms with van der Waals surface area (Å²) in [6, 6.07) is 25.8. The van der Waals surface area contributed by atoms with Crippen molar-refractivity contribution < 1.29 is 14.3 Å². The van der Waals surface area contributed by atoms with E-state index in [4.69, 9.17) is 14.7 Å². The number of esters is 1. The minimum absolute atomic E-state index is 0.289. The van der Waals surface area contributed by atoms with Crippen LogP contribution >= 0.6 is 0 Å². The van der Waals surface area contributed by atoms with Crippen LogP contribution in [0.4, 0.5) is 0 Å². The van der Waals surface area contributed by atoms with Crippen LogP contribution in [-0.4, -0.2) is 19.7 Å². The number of benzene rings is 3. The molecule has 0 saturated carbocycles. The van der Waals surface area contributed by atoms with Gasteiger partial charge in [-0.1, -0.05) is 80.8 Å². The first kappa shape index (κ1) is 27.7. The highest BCUT2D eigenvalue weighted by molar-refractivity contribution is 5.89. The first-order valence-electron chi connectivity index (χ1n) is 13.2. The van der Waals surface area contributed by atoms with E-state index in [1.54, 1.807) is 0 Å². The summed E-state index contributed by atoms with van der Waals surface area (Å²) in [5.74, 6) is 0.885. The first-order chi connectivity index (χ1) is 18.1. The van der Waals surface area contributed by atoms with E-state index in [0.717, 1.165) is 43.6 Å². The van der Waals surface area contributed by atoms with Gasteiger partial charge in [0.25, 0.3) is 0 Å². The summed E-state index contributed by atoms with van der Waals surface area (Å²) in [5.41, 5.74) is 4.71. The van der Waals surface area contributed by atoms with E-state index >= 15 is 0 Å². The van der Waals surface area contributed by atoms with Crippen LogP contribution in [0.25, 0.3) is 6.08 Å². The summed E-state index contributed by atoms with van der Waals surface area (Å²) < 4.78 is 10.9. The molecule has 192 valence electrons. The van der Waals surface area contributed by atoms with Crippen LogP contribution in [-0.2, 0) is 17.6 Å². The third kappa shape index (κ3) is 9.28. The molecule has 0 bridgehead atoms. The van der Waals surface area contributed by atoms with Crippen LogP contribution in [0.3, 0.4) is 0 Å². The Bertz CT molecular complexity index is 1170. The molecule has 0 aliphatic carbocycles. The fourth-order valence-corrected chi connectivity index (χ4v) is 4.26. The fourth-order valence-electron chi connectivity index (χ4n) is 4.26. The molecular formula is C33H37NO3. The Morgan fingerprint density at radius 3 is 2.38 bits per heavy atom. The van der Waals surface area contributed by atoms with Crippen molar-refractivity contribution in [3.8, 4) is 11.8 Å². The Kier molecular flexibility index (Phi) is 11.5. The predicted molar refractivity (Wildman–Crippen MR) is 150 cm³/mol. The number of aryl methyl sites for hydroxylation is 1. The normalized spacial score (nSPS) is 11.7. The van der Waals surface area contributed by atoms with E-state index in [1.165, 1.54) is 37.5 Å². The van der Waals surface area contributed by atoms with Crippen molar-refractivity contribution in [2.24, 2.45) is 5.92 Å². The molecule has 1 unspecified atom stereocenters. The maximum atomic E-state index is 11.8. The maximum absolute atomic E-state index is 11.8. The van der Waals surface area contributed by atoms with Crippen molar-refractivity contribution in [2.45, 2.75) is 51.9 Å². The van der Waals surface area contributed by atoms with Gasteiger partial charge in [0.2, 0.25) is 0 Å². The Hall–Kier alpha value is -3.84. The summed E-state index contributed by atoms with van der Waals surface area (Å²) >= 11 is 0. The van der Waals surface area contributed by atoms with E-state index in [0.29, 0.717) is 11.1 Å². The fraction of sp³-hybridized carbons (Fsp3) is 0.333. The van der Waals surface area contributed by atoms with Gasteiger partial charge in [-0.15, -0.1) is 0 Å². The molecule has 4 heteroatoms. The number of carbonyl (C=O) groups is 1. The minimum atomic E-state index is -0.324. The monoisotopic (exact) mass is 495 g/mol. The Morgan fingerprint density at radius 1 is 0.946 bits per heavy atom. The lowest BCUT2D eigenvalue weighted by molar-refractivity contribution is 0.0600. The van der Waals surface area contributed by atoms with Crippen molar-refractivity contribution in [2.75, 3.05) is 13.7 Å². The van der Waals surface area contributed by atoms with Crippen LogP contribution in [0.15, 0.2) is 78.9 Å². The van der Waals surface area contributed by atoms with Gasteiger partial charge in [-0.2, -0.15) is 5.26 Å². The van der Waals surface area contributed by atoms with Gasteiger partial charge in [-0.05, 0) is 73.1 Å². The van der Waals surface area contributed by atoms with Crippen LogP contribution in [0.5, 0.6) is 5.75 Å². The standard InChI is InChI=1S/C33H37NO3/c1-3-4-5-8-23-37-32-10-7-6-9-30(32)20-17-27(14-11-26-12-15-29(25-34)16-13-26)24-28-18-21-31(22-19-28)33(35)36-2/h6-7,9-10,12-13,15-22,27H,3-5,8,11,14,23-24H2,1-2H3/b20-17+. The van der Waals surface area contributed by atoms with E-state index in [1.807, 2.05) is 66.7 Å². The van der Waals surface area contributed by atoms with Crippen molar-refractivity contribution in [1.82, 2.24) is 0 Å². The van der Waals surface area contributed by atoms with Crippen LogP contribution in [0.1, 0.15) is 71.6 Å². The predicted octanol–water partition coefficient (Wildman–Crippen LogP) is 7.81. The second-order valence-corrected chi connectivity index (χ2v) is 9.31. The summed E-state index contributed by atoms with van der Waals surface area (Å²) in [6.45, 7) is 2.95. The van der Waals surface area contributed by atoms with Gasteiger partial charge in [0.1, 0.15) is 5.75 Å². The van der Waals surface area contributed by atoms with Crippen LogP contribution in [0.2, 0.25) is 0 Å². The third-order valence-corrected chi connectivity index (χ3v) is 6.48. The minimum Gasteiger partial charge on any atom is -0.493 e. The van der Waals surface area contributed by atoms with Gasteiger partial charge in [-0.25, -0.2) is 4.79 Å². The van der Waals surface area contributed by atoms with Gasteiger partial charge < -0.3 is 9.47 Å². The Balaban J connectivity index is 1.73. The SMILES string of the molecule is CCCCCCOc1ccccc1/C=C/C(CCc1ccc(C#N)cc1)Cc1ccc(C(=O)OC)cc1. The molecule has 3 aromatic carbocycles. The van der Waals surface area contributed by atoms with Crippen LogP contribution < -0.4 is 4.74 Å². The van der Waals surface area contributed by atoms with Crippen LogP contribution in [0, 0.1) is 17.2 Å². The number of unbranched alkanes of at least 4 members (excludes halogenated alkanes) is 3. The van der Waals surface area contributed by atoms with Gasteiger partial charge in [-0.3, -0.25) is 0 Å². The highest BCUT2D eigenvalue weighted by Crippen LogP contribution is 2.24. The average Bonchev–Trinajstić information content (AvgIpc) is 2.95. The van der Waals surface area contributed by atoms with Crippen molar-refractivity contribution >= 4 is 12.0 Å². The number of rotatable bonds is 14. The number of methoxy groups -OCH3 is 1. The topological polar surface area (TPSA) is 59.3 Å². The van der Waals surface area contributed by atoms with Crippen molar-refractivity contribution in [1.29, 1.82) is 5.26 Å². The molecule has 0 aliphatic rings. The molecule has 0 heterocycles. The molecule has 0 N–H and O–H groups in total. The summed E-state index contributed by atoms with van der Waals surface area (Å²) in [4.78, 5) is 11.8. The molecule has 0 aliphatic heterocycles. The van der Waals surface area contributed by atoms with Crippen molar-refractivity contribution in [3.05, 3.63) is 107 Å². The molecule has 0 fully saturated rings. The molecule has 0 aromatic heterocycles. The van der Waals surface area contributed by atoms with E-state index in [-0.39, 0.29) is 11.9 Å². The second kappa shape index (κ2) is 15.3. The van der Waals surface area contributed by atoms with Gasteiger partial charge >= 0.3 is 5.97 Å². The molecule has 0 spiro atoms. The molecule has 0 radical (unpaired) electrons. The third-order valence-electron chi connectivity index (χ3n) is 6.48. The number of nitrogens with zero attached hydrogens (tertiary/aromatic N) is 1. The molecule has 1 atom stereocenters. The van der Waals surface area contributed by atoms with Gasteiger partial charge in [0, 0.05) is 5.56 Å². The highest BCUT2D eigenvalue weighted by atomic mass is 16.5. The van der Waals surface area contributed by atoms with Crippen molar-refractivity contribution in [3.63, 3.8) is 0 Å². The molecule has 3 aromatic rings. The van der Waals surface area contributed by atoms with E-state index < -0.39 is 0 Å². The number of hydrogen-bond donors (Lipinski definition) is 0. The maximum Gasteiger partial charge on any atom is 0.337 e. The lowest BCUT2D eigenvalue weighted by Crippen LogP contribution is -2.05. The number of allylic oxidation sites excluding steroid dienone is 1. The molecular weight excluding hydrogens is 458 g/mol. The first-order valence-corrected chi connectivity index (χ1v) is 13.2. The van der Waals surface area contributed by atoms with E-state index in [9.17, 15) is 4.79 Å². The smallest absolute Gasteiger partial charge is 0.337 e. The highest BCUT2D eigenvalue weighted by Gasteiger charge is 2.10. The summed E-state index contributed by atoms with van der Waals surface area (Å²) in [6.07, 6.45) is 11.9. The quantitative estimate of drug-likeness (QED) is 0.169. The van der Waals surface area contributed by atoms with Gasteiger partial charge in [0.15, 0.2) is 0 Å². The molecule has 3 rings (SSSR count). The van der Waals surface area contributed by atoms with E-state index in [2.05, 4.69) is 31.2 Å². The number of carbonyl (C=O) groups excluding carboxylic acids is 1. The Labute approximate surface area is 221 Å². The zero-order chi connectivity index (χ0) is 26.3. The zero-order valence-electron chi connectivity index (χ0n) is 22.0. The largest absolute Gasteiger partial charge is 0.493 e. The van der Waals surface area contributed by atoms with Gasteiger partial charge in [0.05, 0.1) is 30.9 Å². The lowest BCUT2D eigenvalue weighted by Gasteiger charge is -2.15. The summed E-state index contributed by atoms with van der Waals surface area (Å²) in [5, 5.41) is 9.07. The summed E-state index contributed by atoms with van der Waals surface area (Å²) in [7, 11) is 1.40. The number of nitriles is 1. The molecule has 0 saturated heterocycles. The number of ether oxygens (including phenoxy) is 2. The second-order valence-electron chi connectivity index (χ2n) is 9.31. The molecule has 4 nitrogen and oxygen atoms in total. The molecule has 0 amide bonds. The lowest BCUT2D eigenvalue weighted by atomic mass is 9.91. The number of hydrogen-bond acceptors (Lipinski definition) is 4. The molecule has 37 heavy (non-hydrogen) atoms. The average molecular weight is 496 g/mol.